The summed E-state index contributed by atoms with van der Waals surface area (Å²) >= 11 is 0. The number of nitrogens with one attached hydrogen (secondary N) is 2. The Morgan fingerprint density at radius 2 is 1.69 bits per heavy atom. The number of aliphatic hydroxyl groups excluding tert-OH is 1. The average molecular weight is 648 g/mol. The third-order valence-electron chi connectivity index (χ3n) is 9.59. The summed E-state index contributed by atoms with van der Waals surface area (Å²) in [6.45, 7) is 7.95. The Hall–Kier alpha value is -4.63. The van der Waals surface area contributed by atoms with Crippen molar-refractivity contribution < 1.29 is 20.1 Å². The normalized spacial score (nSPS) is 15.0. The quantitative estimate of drug-likeness (QED) is 0.0964. The molecule has 8 nitrogen and oxygen atoms in total. The number of aliphatic hydroxyl groups is 1. The number of aromatic amines is 1. The fourth-order valence-electron chi connectivity index (χ4n) is 6.84. The number of phenols is 2. The molecule has 8 heteroatoms. The van der Waals surface area contributed by atoms with Crippen molar-refractivity contribution in [2.45, 2.75) is 50.7 Å². The van der Waals surface area contributed by atoms with Crippen molar-refractivity contribution in [3.05, 3.63) is 135 Å². The molecule has 0 saturated carbocycles. The lowest BCUT2D eigenvalue weighted by molar-refractivity contribution is 0.0605. The van der Waals surface area contributed by atoms with Gasteiger partial charge in [-0.25, -0.2) is 0 Å². The Morgan fingerprint density at radius 1 is 0.917 bits per heavy atom. The van der Waals surface area contributed by atoms with E-state index in [4.69, 9.17) is 4.74 Å². The smallest absolute Gasteiger partial charge is 0.248 e. The van der Waals surface area contributed by atoms with Crippen LogP contribution >= 0.6 is 0 Å². The molecule has 1 aliphatic rings. The Bertz CT molecular complexity index is 1880. The maximum absolute atomic E-state index is 11.7. The van der Waals surface area contributed by atoms with Gasteiger partial charge in [0.15, 0.2) is 0 Å². The topological polar surface area (TPSA) is 118 Å². The molecule has 1 atom stereocenters. The number of benzene rings is 4. The number of hydrogen-bond acceptors (Lipinski definition) is 7. The molecule has 1 fully saturated rings. The Labute approximate surface area is 281 Å². The van der Waals surface area contributed by atoms with Crippen LogP contribution in [0, 0.1) is 0 Å². The third-order valence-corrected chi connectivity index (χ3v) is 9.59. The zero-order chi connectivity index (χ0) is 33.7. The summed E-state index contributed by atoms with van der Waals surface area (Å²) in [6.07, 6.45) is 1.72. The van der Waals surface area contributed by atoms with Gasteiger partial charge in [-0.15, -0.1) is 0 Å². The summed E-state index contributed by atoms with van der Waals surface area (Å²) < 4.78 is 6.12. The molecule has 5 N–H and O–H groups in total. The summed E-state index contributed by atoms with van der Waals surface area (Å²) in [5.41, 5.74) is 5.45. The molecule has 2 heterocycles. The van der Waals surface area contributed by atoms with Gasteiger partial charge in [-0.1, -0.05) is 54.6 Å². The summed E-state index contributed by atoms with van der Waals surface area (Å²) in [5.74, 6) is 1.11. The van der Waals surface area contributed by atoms with E-state index >= 15 is 0 Å². The lowest BCUT2D eigenvalue weighted by Crippen LogP contribution is -2.62. The molecule has 1 aliphatic heterocycles. The highest BCUT2D eigenvalue weighted by molar-refractivity contribution is 5.87. The number of nitrogens with zero attached hydrogens (tertiary/aromatic N) is 1. The standard InChI is InChI=1S/C40H45N3O5/c1-27(2)43-25-40(26-43,30-8-4-3-5-9-30)35-23-31(44)13-12-29(35)7-6-22-48-32-14-10-28(11-15-32)20-21-41-24-37(46)33-16-18-36(45)39-34(33)17-19-38(47)42-39/h3-5,8-19,23,27,37,41,44-46H,6-7,20-22,24-26H2,1-2H3,(H,42,47). The van der Waals surface area contributed by atoms with Gasteiger partial charge < -0.3 is 30.4 Å². The minimum Gasteiger partial charge on any atom is -0.508 e. The highest BCUT2D eigenvalue weighted by atomic mass is 16.5. The zero-order valence-electron chi connectivity index (χ0n) is 27.7. The molecule has 0 radical (unpaired) electrons. The number of rotatable bonds is 14. The molecular formula is C40H45N3O5. The van der Waals surface area contributed by atoms with Crippen LogP contribution < -0.4 is 15.6 Å². The maximum Gasteiger partial charge on any atom is 0.248 e. The molecule has 0 bridgehead atoms. The fourth-order valence-corrected chi connectivity index (χ4v) is 6.84. The van der Waals surface area contributed by atoms with Crippen LogP contribution in [-0.4, -0.2) is 64.0 Å². The Kier molecular flexibility index (Phi) is 10.2. The summed E-state index contributed by atoms with van der Waals surface area (Å²) in [6, 6.07) is 31.3. The molecule has 1 saturated heterocycles. The maximum atomic E-state index is 11.7. The number of likely N-dealkylation sites (tertiary alicyclic amines) is 1. The number of ether oxygens (including phenoxy) is 1. The van der Waals surface area contributed by atoms with Crippen molar-refractivity contribution in [1.82, 2.24) is 15.2 Å². The second kappa shape index (κ2) is 14.6. The van der Waals surface area contributed by atoms with Crippen LogP contribution in [0.25, 0.3) is 10.9 Å². The van der Waals surface area contributed by atoms with Crippen LogP contribution in [0.5, 0.6) is 17.2 Å². The average Bonchev–Trinajstić information content (AvgIpc) is 3.06. The monoisotopic (exact) mass is 647 g/mol. The van der Waals surface area contributed by atoms with E-state index in [2.05, 4.69) is 77.6 Å². The van der Waals surface area contributed by atoms with Crippen molar-refractivity contribution in [1.29, 1.82) is 0 Å². The lowest BCUT2D eigenvalue weighted by Gasteiger charge is -2.53. The minimum atomic E-state index is -0.792. The first kappa shape index (κ1) is 33.3. The zero-order valence-corrected chi connectivity index (χ0v) is 27.7. The number of pyridine rings is 1. The van der Waals surface area contributed by atoms with Gasteiger partial charge in [0.2, 0.25) is 5.56 Å². The molecule has 1 unspecified atom stereocenters. The van der Waals surface area contributed by atoms with Gasteiger partial charge in [-0.2, -0.15) is 0 Å². The fraction of sp³-hybridized carbons (Fsp3) is 0.325. The van der Waals surface area contributed by atoms with Gasteiger partial charge in [-0.05, 0) is 104 Å². The number of fused-ring (bicyclic) bond motifs is 1. The van der Waals surface area contributed by atoms with Crippen LogP contribution in [0.1, 0.15) is 54.2 Å². The number of aromatic hydroxyl groups is 2. The molecule has 6 rings (SSSR count). The molecule has 250 valence electrons. The minimum absolute atomic E-state index is 0.0236. The largest absolute Gasteiger partial charge is 0.508 e. The second-order valence-corrected chi connectivity index (χ2v) is 13.1. The first-order chi connectivity index (χ1) is 23.2. The number of hydrogen-bond donors (Lipinski definition) is 5. The van der Waals surface area contributed by atoms with Crippen LogP contribution in [0.15, 0.2) is 102 Å². The predicted molar refractivity (Wildman–Crippen MR) is 190 cm³/mol. The first-order valence-electron chi connectivity index (χ1n) is 16.8. The van der Waals surface area contributed by atoms with Crippen LogP contribution in [0.2, 0.25) is 0 Å². The molecule has 0 spiro atoms. The second-order valence-electron chi connectivity index (χ2n) is 13.1. The first-order valence-corrected chi connectivity index (χ1v) is 16.8. The van der Waals surface area contributed by atoms with E-state index in [0.717, 1.165) is 43.7 Å². The molecule has 48 heavy (non-hydrogen) atoms. The van der Waals surface area contributed by atoms with E-state index in [1.54, 1.807) is 18.2 Å². The lowest BCUT2D eigenvalue weighted by atomic mass is 9.66. The van der Waals surface area contributed by atoms with E-state index in [1.165, 1.54) is 28.8 Å². The molecule has 1 aromatic heterocycles. The van der Waals surface area contributed by atoms with Gasteiger partial charge in [-0.3, -0.25) is 9.69 Å². The van der Waals surface area contributed by atoms with Gasteiger partial charge in [0.1, 0.15) is 17.2 Å². The third kappa shape index (κ3) is 7.26. The van der Waals surface area contributed by atoms with Gasteiger partial charge in [0, 0.05) is 42.5 Å². The van der Waals surface area contributed by atoms with E-state index in [-0.39, 0.29) is 16.7 Å². The summed E-state index contributed by atoms with van der Waals surface area (Å²) in [7, 11) is 0. The predicted octanol–water partition coefficient (Wildman–Crippen LogP) is 5.83. The number of aromatic nitrogens is 1. The van der Waals surface area contributed by atoms with Gasteiger partial charge in [0.05, 0.1) is 18.2 Å². The van der Waals surface area contributed by atoms with Crippen molar-refractivity contribution >= 4 is 10.9 Å². The number of aryl methyl sites for hydroxylation is 1. The number of H-pyrrole nitrogens is 1. The molecule has 0 amide bonds. The molecular weight excluding hydrogens is 602 g/mol. The Morgan fingerprint density at radius 3 is 2.44 bits per heavy atom. The van der Waals surface area contributed by atoms with Crippen molar-refractivity contribution in [3.63, 3.8) is 0 Å². The highest BCUT2D eigenvalue weighted by Crippen LogP contribution is 2.44. The SMILES string of the molecule is CC(C)N1CC(c2ccccc2)(c2cc(O)ccc2CCCOc2ccc(CCNCC(O)c3ccc(O)c4[nH]c(=O)ccc34)cc2)C1. The van der Waals surface area contributed by atoms with E-state index in [9.17, 15) is 20.1 Å². The van der Waals surface area contributed by atoms with Crippen LogP contribution in [0.4, 0.5) is 0 Å². The number of phenolic OH excluding ortho intramolecular Hbond substituents is 2. The van der Waals surface area contributed by atoms with Crippen molar-refractivity contribution in [2.75, 3.05) is 32.8 Å². The summed E-state index contributed by atoms with van der Waals surface area (Å²) in [5, 5.41) is 35.3. The molecule has 4 aromatic carbocycles. The molecule has 0 aliphatic carbocycles. The van der Waals surface area contributed by atoms with Gasteiger partial charge >= 0.3 is 0 Å². The highest BCUT2D eigenvalue weighted by Gasteiger charge is 2.47. The van der Waals surface area contributed by atoms with E-state index in [1.807, 2.05) is 18.2 Å². The van der Waals surface area contributed by atoms with Gasteiger partial charge in [0.25, 0.3) is 0 Å². The van der Waals surface area contributed by atoms with Crippen molar-refractivity contribution in [2.24, 2.45) is 0 Å². The Balaban J connectivity index is 0.990. The van der Waals surface area contributed by atoms with Crippen LogP contribution in [-0.2, 0) is 18.3 Å². The van der Waals surface area contributed by atoms with E-state index < -0.39 is 6.10 Å². The molecule has 5 aromatic rings. The van der Waals surface area contributed by atoms with Crippen LogP contribution in [0.3, 0.4) is 0 Å². The van der Waals surface area contributed by atoms with E-state index in [0.29, 0.717) is 48.0 Å². The summed E-state index contributed by atoms with van der Waals surface area (Å²) in [4.78, 5) is 16.8. The van der Waals surface area contributed by atoms with Crippen molar-refractivity contribution in [3.8, 4) is 17.2 Å².